The van der Waals surface area contributed by atoms with Gasteiger partial charge in [-0.05, 0) is 24.6 Å². The third-order valence-corrected chi connectivity index (χ3v) is 3.42. The molecule has 3 heterocycles. The monoisotopic (exact) mass is 240 g/mol. The van der Waals surface area contributed by atoms with E-state index in [4.69, 9.17) is 10.3 Å². The third-order valence-electron chi connectivity index (χ3n) is 3.42. The number of nitrogens with two attached hydrogens (primary N) is 1. The largest absolute Gasteiger partial charge is 0.381 e. The number of hydrogen-bond donors (Lipinski definition) is 1. The van der Waals surface area contributed by atoms with Gasteiger partial charge in [0.05, 0.1) is 11.0 Å². The number of aromatic nitrogens is 3. The Morgan fingerprint density at radius 2 is 2.22 bits per heavy atom. The van der Waals surface area contributed by atoms with E-state index in [9.17, 15) is 0 Å². The number of imidazole rings is 1. The van der Waals surface area contributed by atoms with Gasteiger partial charge in [0.15, 0.2) is 11.6 Å². The molecule has 90 valence electrons. The molecule has 2 aromatic heterocycles. The first-order valence-corrected chi connectivity index (χ1v) is 6.03. The molecule has 4 rings (SSSR count). The highest BCUT2D eigenvalue weighted by Crippen LogP contribution is 2.28. The van der Waals surface area contributed by atoms with Gasteiger partial charge in [0, 0.05) is 24.6 Å². The molecule has 0 spiro atoms. The Hall–Kier alpha value is -2.30. The summed E-state index contributed by atoms with van der Waals surface area (Å²) in [6.07, 6.45) is 2.25. The second-order valence-corrected chi connectivity index (χ2v) is 4.60. The minimum atomic E-state index is 0.406. The average molecular weight is 240 g/mol. The maximum absolute atomic E-state index is 5.58. The van der Waals surface area contributed by atoms with E-state index in [0.717, 1.165) is 29.6 Å². The fourth-order valence-electron chi connectivity index (χ4n) is 2.59. The Kier molecular flexibility index (Phi) is 1.81. The van der Waals surface area contributed by atoms with Crippen LogP contribution in [0.3, 0.4) is 0 Å². The second kappa shape index (κ2) is 3.35. The van der Waals surface area contributed by atoms with Crippen molar-refractivity contribution in [3.05, 3.63) is 30.1 Å². The molecule has 0 bridgehead atoms. The van der Waals surface area contributed by atoms with E-state index in [2.05, 4.69) is 20.8 Å². The van der Waals surface area contributed by atoms with Crippen LogP contribution in [-0.4, -0.2) is 14.7 Å². The van der Waals surface area contributed by atoms with Gasteiger partial charge < -0.3 is 14.8 Å². The van der Waals surface area contributed by atoms with Gasteiger partial charge in [0.2, 0.25) is 0 Å². The SMILES string of the molecule is Nc1cc(-c2ccc3nc4n(c3c2)CCC4)on1. The number of rotatable bonds is 1. The predicted octanol–water partition coefficient (Wildman–Crippen LogP) is 2.22. The first-order chi connectivity index (χ1) is 8.81. The summed E-state index contributed by atoms with van der Waals surface area (Å²) < 4.78 is 7.47. The van der Waals surface area contributed by atoms with Crippen LogP contribution in [0.1, 0.15) is 12.2 Å². The summed E-state index contributed by atoms with van der Waals surface area (Å²) in [7, 11) is 0. The van der Waals surface area contributed by atoms with Crippen LogP contribution in [0, 0.1) is 0 Å². The summed E-state index contributed by atoms with van der Waals surface area (Å²) in [6, 6.07) is 7.85. The molecule has 3 aromatic rings. The number of nitrogen functional groups attached to an aromatic ring is 1. The minimum absolute atomic E-state index is 0.406. The minimum Gasteiger partial charge on any atom is -0.381 e. The zero-order valence-corrected chi connectivity index (χ0v) is 9.76. The molecule has 1 aliphatic rings. The maximum atomic E-state index is 5.58. The van der Waals surface area contributed by atoms with Crippen LogP contribution < -0.4 is 5.73 Å². The predicted molar refractivity (Wildman–Crippen MR) is 68.0 cm³/mol. The molecule has 18 heavy (non-hydrogen) atoms. The lowest BCUT2D eigenvalue weighted by atomic mass is 10.1. The van der Waals surface area contributed by atoms with E-state index in [-0.39, 0.29) is 0 Å². The van der Waals surface area contributed by atoms with Crippen molar-refractivity contribution in [2.24, 2.45) is 0 Å². The quantitative estimate of drug-likeness (QED) is 0.708. The van der Waals surface area contributed by atoms with Gasteiger partial charge in [0.25, 0.3) is 0 Å². The standard InChI is InChI=1S/C13H12N4O/c14-12-7-11(18-16-12)8-3-4-9-10(6-8)17-5-1-2-13(17)15-9/h3-4,6-7H,1-2,5H2,(H2,14,16). The van der Waals surface area contributed by atoms with Crippen molar-refractivity contribution in [3.8, 4) is 11.3 Å². The van der Waals surface area contributed by atoms with Crippen LogP contribution in [0.2, 0.25) is 0 Å². The number of benzene rings is 1. The average Bonchev–Trinajstić information content (AvgIpc) is 3.03. The highest BCUT2D eigenvalue weighted by molar-refractivity contribution is 5.82. The lowest BCUT2D eigenvalue weighted by Gasteiger charge is -2.00. The van der Waals surface area contributed by atoms with E-state index < -0.39 is 0 Å². The number of fused-ring (bicyclic) bond motifs is 3. The molecular weight excluding hydrogens is 228 g/mol. The van der Waals surface area contributed by atoms with Crippen LogP contribution in [0.4, 0.5) is 5.82 Å². The summed E-state index contributed by atoms with van der Waals surface area (Å²) in [4.78, 5) is 4.63. The first kappa shape index (κ1) is 9.70. The van der Waals surface area contributed by atoms with E-state index in [1.54, 1.807) is 6.07 Å². The number of anilines is 1. The Balaban J connectivity index is 1.93. The molecular formula is C13H12N4O. The van der Waals surface area contributed by atoms with Crippen LogP contribution in [-0.2, 0) is 13.0 Å². The summed E-state index contributed by atoms with van der Waals surface area (Å²) in [5.41, 5.74) is 8.77. The van der Waals surface area contributed by atoms with E-state index in [1.807, 2.05) is 12.1 Å². The van der Waals surface area contributed by atoms with Crippen LogP contribution in [0.15, 0.2) is 28.8 Å². The molecule has 0 saturated carbocycles. The molecule has 0 atom stereocenters. The van der Waals surface area contributed by atoms with Crippen molar-refractivity contribution < 1.29 is 4.52 Å². The fourth-order valence-corrected chi connectivity index (χ4v) is 2.59. The van der Waals surface area contributed by atoms with Gasteiger partial charge in [0.1, 0.15) is 5.82 Å². The first-order valence-electron chi connectivity index (χ1n) is 6.03. The molecule has 0 fully saturated rings. The van der Waals surface area contributed by atoms with E-state index in [1.165, 1.54) is 12.2 Å². The smallest absolute Gasteiger partial charge is 0.169 e. The summed E-state index contributed by atoms with van der Waals surface area (Å²) in [5.74, 6) is 2.28. The van der Waals surface area contributed by atoms with E-state index >= 15 is 0 Å². The Bertz CT molecular complexity index is 741. The van der Waals surface area contributed by atoms with Gasteiger partial charge in [-0.25, -0.2) is 4.98 Å². The molecule has 1 aliphatic heterocycles. The van der Waals surface area contributed by atoms with Gasteiger partial charge in [-0.3, -0.25) is 0 Å². The molecule has 5 heteroatoms. The zero-order chi connectivity index (χ0) is 12.1. The van der Waals surface area contributed by atoms with Crippen molar-refractivity contribution in [1.29, 1.82) is 0 Å². The van der Waals surface area contributed by atoms with Crippen molar-refractivity contribution >= 4 is 16.9 Å². The molecule has 5 nitrogen and oxygen atoms in total. The molecule has 0 radical (unpaired) electrons. The van der Waals surface area contributed by atoms with Crippen LogP contribution >= 0.6 is 0 Å². The van der Waals surface area contributed by atoms with Gasteiger partial charge in [-0.2, -0.15) is 0 Å². The number of hydrogen-bond acceptors (Lipinski definition) is 4. The van der Waals surface area contributed by atoms with Gasteiger partial charge in [-0.1, -0.05) is 5.16 Å². The lowest BCUT2D eigenvalue weighted by Crippen LogP contribution is -1.91. The Morgan fingerprint density at radius 3 is 3.06 bits per heavy atom. The van der Waals surface area contributed by atoms with Crippen molar-refractivity contribution in [2.45, 2.75) is 19.4 Å². The lowest BCUT2D eigenvalue weighted by molar-refractivity contribution is 0.436. The molecule has 0 amide bonds. The van der Waals surface area contributed by atoms with Crippen molar-refractivity contribution in [2.75, 3.05) is 5.73 Å². The van der Waals surface area contributed by atoms with Gasteiger partial charge >= 0.3 is 0 Å². The normalized spacial score (nSPS) is 14.2. The molecule has 0 aliphatic carbocycles. The van der Waals surface area contributed by atoms with E-state index in [0.29, 0.717) is 11.6 Å². The highest BCUT2D eigenvalue weighted by atomic mass is 16.5. The highest BCUT2D eigenvalue weighted by Gasteiger charge is 2.16. The molecule has 0 saturated heterocycles. The second-order valence-electron chi connectivity index (χ2n) is 4.60. The van der Waals surface area contributed by atoms with Gasteiger partial charge in [-0.15, -0.1) is 0 Å². The Morgan fingerprint density at radius 1 is 1.28 bits per heavy atom. The Labute approximate surface area is 103 Å². The van der Waals surface area contributed by atoms with Crippen LogP contribution in [0.5, 0.6) is 0 Å². The molecule has 2 N–H and O–H groups in total. The topological polar surface area (TPSA) is 69.9 Å². The number of nitrogens with zero attached hydrogens (tertiary/aromatic N) is 3. The van der Waals surface area contributed by atoms with Crippen LogP contribution in [0.25, 0.3) is 22.4 Å². The third kappa shape index (κ3) is 1.27. The summed E-state index contributed by atoms with van der Waals surface area (Å²) in [5, 5.41) is 3.71. The summed E-state index contributed by atoms with van der Waals surface area (Å²) in [6.45, 7) is 1.05. The molecule has 0 unspecified atom stereocenters. The summed E-state index contributed by atoms with van der Waals surface area (Å²) >= 11 is 0. The fraction of sp³-hybridized carbons (Fsp3) is 0.231. The zero-order valence-electron chi connectivity index (χ0n) is 9.76. The maximum Gasteiger partial charge on any atom is 0.169 e. The molecule has 1 aromatic carbocycles. The van der Waals surface area contributed by atoms with Crippen molar-refractivity contribution in [3.63, 3.8) is 0 Å². The van der Waals surface area contributed by atoms with Crippen molar-refractivity contribution in [1.82, 2.24) is 14.7 Å². The number of aryl methyl sites for hydroxylation is 2.